The minimum Gasteiger partial charge on any atom is -0.395 e. The van der Waals surface area contributed by atoms with Gasteiger partial charge in [0.25, 0.3) is 0 Å². The lowest BCUT2D eigenvalue weighted by molar-refractivity contribution is 0.251. The third-order valence-electron chi connectivity index (χ3n) is 2.73. The number of nitrogens with one attached hydrogen (secondary N) is 1. The molecule has 0 bridgehead atoms. The second-order valence-corrected chi connectivity index (χ2v) is 3.73. The van der Waals surface area contributed by atoms with Gasteiger partial charge in [0.1, 0.15) is 5.82 Å². The van der Waals surface area contributed by atoms with E-state index in [1.807, 2.05) is 0 Å². The van der Waals surface area contributed by atoms with Crippen molar-refractivity contribution in [2.24, 2.45) is 0 Å². The fraction of sp³-hybridized carbons (Fsp3) is 0.455. The number of aliphatic hydroxyl groups is 1. The van der Waals surface area contributed by atoms with E-state index in [1.165, 1.54) is 12.1 Å². The molecule has 0 aromatic heterocycles. The van der Waals surface area contributed by atoms with Crippen LogP contribution in [0.3, 0.4) is 0 Å². The van der Waals surface area contributed by atoms with Gasteiger partial charge in [-0.2, -0.15) is 0 Å². The van der Waals surface area contributed by atoms with Crippen molar-refractivity contribution < 1.29 is 9.50 Å². The summed E-state index contributed by atoms with van der Waals surface area (Å²) in [5.74, 6) is -0.203. The SMILES string of the molecule is OCC1CC[C@@H](c2ccc(F)cc2)N1. The van der Waals surface area contributed by atoms with Crippen LogP contribution in [-0.4, -0.2) is 17.8 Å². The average molecular weight is 195 g/mol. The largest absolute Gasteiger partial charge is 0.395 e. The number of rotatable bonds is 2. The predicted molar refractivity (Wildman–Crippen MR) is 52.4 cm³/mol. The number of aliphatic hydroxyl groups excluding tert-OH is 1. The van der Waals surface area contributed by atoms with Crippen LogP contribution in [-0.2, 0) is 0 Å². The first kappa shape index (κ1) is 9.62. The number of hydrogen-bond donors (Lipinski definition) is 2. The van der Waals surface area contributed by atoms with Gasteiger partial charge >= 0.3 is 0 Å². The Balaban J connectivity index is 2.06. The summed E-state index contributed by atoms with van der Waals surface area (Å²) in [7, 11) is 0. The molecule has 1 unspecified atom stereocenters. The molecule has 2 rings (SSSR count). The lowest BCUT2D eigenvalue weighted by Gasteiger charge is -2.12. The van der Waals surface area contributed by atoms with E-state index in [2.05, 4.69) is 5.32 Å². The van der Waals surface area contributed by atoms with Gasteiger partial charge in [0.2, 0.25) is 0 Å². The van der Waals surface area contributed by atoms with Crippen molar-refractivity contribution in [3.63, 3.8) is 0 Å². The van der Waals surface area contributed by atoms with E-state index in [0.717, 1.165) is 18.4 Å². The van der Waals surface area contributed by atoms with Gasteiger partial charge in [-0.15, -0.1) is 0 Å². The summed E-state index contributed by atoms with van der Waals surface area (Å²) in [6.07, 6.45) is 2.00. The maximum atomic E-state index is 12.7. The van der Waals surface area contributed by atoms with E-state index in [-0.39, 0.29) is 24.5 Å². The summed E-state index contributed by atoms with van der Waals surface area (Å²) in [6.45, 7) is 0.178. The van der Waals surface area contributed by atoms with Crippen molar-refractivity contribution in [1.82, 2.24) is 5.32 Å². The van der Waals surface area contributed by atoms with E-state index >= 15 is 0 Å². The Bertz CT molecular complexity index is 299. The first-order valence-electron chi connectivity index (χ1n) is 4.92. The molecule has 2 atom stereocenters. The Labute approximate surface area is 82.8 Å². The molecule has 0 spiro atoms. The van der Waals surface area contributed by atoms with Gasteiger partial charge in [-0.25, -0.2) is 4.39 Å². The maximum Gasteiger partial charge on any atom is 0.123 e. The van der Waals surface area contributed by atoms with Gasteiger partial charge in [0.05, 0.1) is 6.61 Å². The molecule has 0 radical (unpaired) electrons. The zero-order valence-corrected chi connectivity index (χ0v) is 7.91. The van der Waals surface area contributed by atoms with Crippen molar-refractivity contribution in [3.8, 4) is 0 Å². The predicted octanol–water partition coefficient (Wildman–Crippen LogP) is 1.61. The minimum atomic E-state index is -0.203. The number of benzene rings is 1. The molecule has 1 aliphatic rings. The molecular formula is C11H14FNO. The van der Waals surface area contributed by atoms with Crippen molar-refractivity contribution in [2.45, 2.75) is 24.9 Å². The summed E-state index contributed by atoms with van der Waals surface area (Å²) < 4.78 is 12.7. The monoisotopic (exact) mass is 195 g/mol. The van der Waals surface area contributed by atoms with E-state index in [9.17, 15) is 4.39 Å². The standard InChI is InChI=1S/C11H14FNO/c12-9-3-1-8(2-4-9)11-6-5-10(7-14)13-11/h1-4,10-11,13-14H,5-7H2/t10?,11-/m0/s1. The molecule has 2 N–H and O–H groups in total. The van der Waals surface area contributed by atoms with Crippen LogP contribution in [0.5, 0.6) is 0 Å². The molecule has 1 heterocycles. The third kappa shape index (κ3) is 1.94. The Kier molecular flexibility index (Phi) is 2.79. The van der Waals surface area contributed by atoms with Crippen LogP contribution in [0.15, 0.2) is 24.3 Å². The lowest BCUT2D eigenvalue weighted by Crippen LogP contribution is -2.27. The normalized spacial score (nSPS) is 26.7. The zero-order valence-electron chi connectivity index (χ0n) is 7.91. The first-order chi connectivity index (χ1) is 6.79. The van der Waals surface area contributed by atoms with Crippen LogP contribution in [0.2, 0.25) is 0 Å². The highest BCUT2D eigenvalue weighted by atomic mass is 19.1. The second-order valence-electron chi connectivity index (χ2n) is 3.73. The van der Waals surface area contributed by atoms with E-state index < -0.39 is 0 Å². The second kappa shape index (κ2) is 4.07. The van der Waals surface area contributed by atoms with Crippen molar-refractivity contribution in [2.75, 3.05) is 6.61 Å². The summed E-state index contributed by atoms with van der Waals surface area (Å²) in [5, 5.41) is 12.3. The van der Waals surface area contributed by atoms with E-state index in [4.69, 9.17) is 5.11 Å². The molecule has 1 saturated heterocycles. The summed E-state index contributed by atoms with van der Waals surface area (Å²) >= 11 is 0. The minimum absolute atomic E-state index is 0.178. The number of hydrogen-bond acceptors (Lipinski definition) is 2. The fourth-order valence-electron chi connectivity index (χ4n) is 1.92. The van der Waals surface area contributed by atoms with E-state index in [1.54, 1.807) is 12.1 Å². The zero-order chi connectivity index (χ0) is 9.97. The van der Waals surface area contributed by atoms with Crippen molar-refractivity contribution in [3.05, 3.63) is 35.6 Å². The van der Waals surface area contributed by atoms with Gasteiger partial charge in [-0.05, 0) is 30.5 Å². The summed E-state index contributed by atoms with van der Waals surface area (Å²) in [4.78, 5) is 0. The first-order valence-corrected chi connectivity index (χ1v) is 4.92. The fourth-order valence-corrected chi connectivity index (χ4v) is 1.92. The Morgan fingerprint density at radius 2 is 2.00 bits per heavy atom. The Morgan fingerprint density at radius 1 is 1.29 bits per heavy atom. The molecule has 0 aliphatic carbocycles. The van der Waals surface area contributed by atoms with Crippen molar-refractivity contribution >= 4 is 0 Å². The van der Waals surface area contributed by atoms with Gasteiger partial charge in [0.15, 0.2) is 0 Å². The molecule has 1 aliphatic heterocycles. The van der Waals surface area contributed by atoms with Gasteiger partial charge in [-0.3, -0.25) is 0 Å². The van der Waals surface area contributed by atoms with E-state index in [0.29, 0.717) is 0 Å². The average Bonchev–Trinajstić information content (AvgIpc) is 2.67. The molecule has 0 amide bonds. The maximum absolute atomic E-state index is 12.7. The van der Waals surface area contributed by atoms with Crippen LogP contribution in [0, 0.1) is 5.82 Å². The molecule has 1 aromatic carbocycles. The van der Waals surface area contributed by atoms with Crippen LogP contribution in [0.25, 0.3) is 0 Å². The van der Waals surface area contributed by atoms with Crippen LogP contribution in [0.1, 0.15) is 24.4 Å². The molecule has 3 heteroatoms. The van der Waals surface area contributed by atoms with Gasteiger partial charge in [-0.1, -0.05) is 12.1 Å². The molecular weight excluding hydrogens is 181 g/mol. The molecule has 14 heavy (non-hydrogen) atoms. The summed E-state index contributed by atoms with van der Waals surface area (Å²) in [5.41, 5.74) is 1.10. The third-order valence-corrected chi connectivity index (χ3v) is 2.73. The summed E-state index contributed by atoms with van der Waals surface area (Å²) in [6, 6.07) is 7.02. The molecule has 2 nitrogen and oxygen atoms in total. The highest BCUT2D eigenvalue weighted by Crippen LogP contribution is 2.26. The topological polar surface area (TPSA) is 32.3 Å². The quantitative estimate of drug-likeness (QED) is 0.751. The molecule has 0 saturated carbocycles. The van der Waals surface area contributed by atoms with Gasteiger partial charge in [0, 0.05) is 12.1 Å². The smallest absolute Gasteiger partial charge is 0.123 e. The lowest BCUT2D eigenvalue weighted by atomic mass is 10.1. The highest BCUT2D eigenvalue weighted by molar-refractivity contribution is 5.21. The number of halogens is 1. The van der Waals surface area contributed by atoms with Crippen LogP contribution in [0.4, 0.5) is 4.39 Å². The van der Waals surface area contributed by atoms with Crippen molar-refractivity contribution in [1.29, 1.82) is 0 Å². The highest BCUT2D eigenvalue weighted by Gasteiger charge is 2.23. The Hall–Kier alpha value is -0.930. The Morgan fingerprint density at radius 3 is 2.57 bits per heavy atom. The van der Waals surface area contributed by atoms with Gasteiger partial charge < -0.3 is 10.4 Å². The molecule has 1 fully saturated rings. The molecule has 1 aromatic rings. The van der Waals surface area contributed by atoms with Crippen LogP contribution < -0.4 is 5.32 Å². The molecule has 76 valence electrons. The van der Waals surface area contributed by atoms with Crippen LogP contribution >= 0.6 is 0 Å².